The van der Waals surface area contributed by atoms with Crippen molar-refractivity contribution in [3.05, 3.63) is 59.9 Å². The van der Waals surface area contributed by atoms with Crippen LogP contribution in [0.1, 0.15) is 5.56 Å². The first kappa shape index (κ1) is 16.3. The third-order valence-corrected chi connectivity index (χ3v) is 3.80. The van der Waals surface area contributed by atoms with Crippen LogP contribution in [0.3, 0.4) is 0 Å². The van der Waals surface area contributed by atoms with Gasteiger partial charge in [-0.15, -0.1) is 0 Å². The average molecular weight is 344 g/mol. The molecular formula is C17H18ClN5O. The van der Waals surface area contributed by atoms with E-state index in [1.165, 1.54) is 0 Å². The minimum absolute atomic E-state index is 0.0187. The summed E-state index contributed by atoms with van der Waals surface area (Å²) in [6.07, 6.45) is 5.31. The fraction of sp³-hybridized carbons (Fsp3) is 0.176. The molecule has 0 aliphatic heterocycles. The fourth-order valence-electron chi connectivity index (χ4n) is 2.35. The topological polar surface area (TPSA) is 67.9 Å². The van der Waals surface area contributed by atoms with E-state index in [9.17, 15) is 5.11 Å². The van der Waals surface area contributed by atoms with E-state index in [0.29, 0.717) is 18.1 Å². The van der Waals surface area contributed by atoms with Crippen molar-refractivity contribution in [2.45, 2.75) is 13.1 Å². The lowest BCUT2D eigenvalue weighted by Crippen LogP contribution is -2.10. The van der Waals surface area contributed by atoms with E-state index in [2.05, 4.69) is 22.1 Å². The first-order valence-corrected chi connectivity index (χ1v) is 7.91. The highest BCUT2D eigenvalue weighted by Crippen LogP contribution is 2.24. The number of aliphatic hydroxyl groups excluding tert-OH is 1. The van der Waals surface area contributed by atoms with Crippen LogP contribution in [0.2, 0.25) is 5.02 Å². The molecule has 1 aromatic carbocycles. The molecule has 0 aliphatic carbocycles. The molecule has 3 aromatic rings. The van der Waals surface area contributed by atoms with Gasteiger partial charge in [0.2, 0.25) is 0 Å². The van der Waals surface area contributed by atoms with E-state index in [1.807, 2.05) is 36.5 Å². The zero-order valence-corrected chi connectivity index (χ0v) is 13.8. The zero-order valence-electron chi connectivity index (χ0n) is 13.1. The molecule has 3 rings (SSSR count). The molecule has 0 amide bonds. The summed E-state index contributed by atoms with van der Waals surface area (Å²) in [5, 5.41) is 22.0. The molecule has 124 valence electrons. The van der Waals surface area contributed by atoms with Gasteiger partial charge in [0.1, 0.15) is 5.82 Å². The molecule has 24 heavy (non-hydrogen) atoms. The van der Waals surface area contributed by atoms with Gasteiger partial charge in [0.15, 0.2) is 0 Å². The number of hydrogen-bond acceptors (Lipinski definition) is 4. The van der Waals surface area contributed by atoms with Crippen LogP contribution in [0, 0.1) is 0 Å². The van der Waals surface area contributed by atoms with E-state index in [1.54, 1.807) is 21.8 Å². The number of rotatable bonds is 7. The van der Waals surface area contributed by atoms with Crippen molar-refractivity contribution in [1.82, 2.24) is 19.6 Å². The van der Waals surface area contributed by atoms with Gasteiger partial charge in [-0.05, 0) is 12.1 Å². The van der Waals surface area contributed by atoms with Crippen LogP contribution in [0.5, 0.6) is 0 Å². The second-order valence-electron chi connectivity index (χ2n) is 5.23. The van der Waals surface area contributed by atoms with Crippen LogP contribution >= 0.6 is 11.6 Å². The Morgan fingerprint density at radius 3 is 2.75 bits per heavy atom. The highest BCUT2D eigenvalue weighted by molar-refractivity contribution is 6.30. The Hall–Kier alpha value is -2.57. The number of benzene rings is 1. The zero-order chi connectivity index (χ0) is 16.9. The standard InChI is InChI=1S/C17H18ClN5O/c1-2-22-12-13(11-20-22)10-19-17-9-16(21-23(17)7-8-24)14-3-5-15(18)6-4-14/h2-6,9,11-12,19,24H,1,7-8,10H2. The summed E-state index contributed by atoms with van der Waals surface area (Å²) in [6, 6.07) is 9.46. The molecule has 0 unspecified atom stereocenters. The molecule has 0 spiro atoms. The van der Waals surface area contributed by atoms with Crippen molar-refractivity contribution in [3.63, 3.8) is 0 Å². The van der Waals surface area contributed by atoms with E-state index in [-0.39, 0.29) is 6.61 Å². The summed E-state index contributed by atoms with van der Waals surface area (Å²) in [5.41, 5.74) is 2.82. The number of nitrogens with zero attached hydrogens (tertiary/aromatic N) is 4. The number of hydrogen-bond donors (Lipinski definition) is 2. The van der Waals surface area contributed by atoms with Crippen LogP contribution in [0.25, 0.3) is 17.5 Å². The number of halogens is 1. The van der Waals surface area contributed by atoms with Gasteiger partial charge in [0.25, 0.3) is 0 Å². The van der Waals surface area contributed by atoms with Crippen LogP contribution in [0.15, 0.2) is 49.3 Å². The molecular weight excluding hydrogens is 326 g/mol. The summed E-state index contributed by atoms with van der Waals surface area (Å²) >= 11 is 5.93. The predicted molar refractivity (Wildman–Crippen MR) is 95.7 cm³/mol. The van der Waals surface area contributed by atoms with Gasteiger partial charge in [0, 0.05) is 41.2 Å². The predicted octanol–water partition coefficient (Wildman–Crippen LogP) is 3.10. The van der Waals surface area contributed by atoms with Crippen molar-refractivity contribution < 1.29 is 5.11 Å². The highest BCUT2D eigenvalue weighted by Gasteiger charge is 2.10. The molecule has 0 atom stereocenters. The van der Waals surface area contributed by atoms with Gasteiger partial charge in [-0.2, -0.15) is 10.2 Å². The lowest BCUT2D eigenvalue weighted by atomic mass is 10.1. The van der Waals surface area contributed by atoms with Gasteiger partial charge in [-0.1, -0.05) is 30.3 Å². The van der Waals surface area contributed by atoms with Gasteiger partial charge >= 0.3 is 0 Å². The normalized spacial score (nSPS) is 10.8. The van der Waals surface area contributed by atoms with Crippen molar-refractivity contribution in [2.75, 3.05) is 11.9 Å². The van der Waals surface area contributed by atoms with Crippen LogP contribution < -0.4 is 5.32 Å². The monoisotopic (exact) mass is 343 g/mol. The van der Waals surface area contributed by atoms with Gasteiger partial charge in [-0.25, -0.2) is 9.36 Å². The Bertz CT molecular complexity index is 822. The Morgan fingerprint density at radius 2 is 2.08 bits per heavy atom. The summed E-state index contributed by atoms with van der Waals surface area (Å²) in [6.45, 7) is 4.71. The van der Waals surface area contributed by atoms with Gasteiger partial charge in [0.05, 0.1) is 25.0 Å². The number of aromatic nitrogens is 4. The molecule has 2 heterocycles. The Balaban J connectivity index is 1.80. The lowest BCUT2D eigenvalue weighted by Gasteiger charge is -2.07. The molecule has 0 saturated carbocycles. The number of anilines is 1. The van der Waals surface area contributed by atoms with E-state index in [0.717, 1.165) is 22.6 Å². The van der Waals surface area contributed by atoms with E-state index in [4.69, 9.17) is 11.6 Å². The molecule has 7 heteroatoms. The Morgan fingerprint density at radius 1 is 1.29 bits per heavy atom. The summed E-state index contributed by atoms with van der Waals surface area (Å²) < 4.78 is 3.41. The smallest absolute Gasteiger partial charge is 0.125 e. The summed E-state index contributed by atoms with van der Waals surface area (Å²) in [4.78, 5) is 0. The third kappa shape index (κ3) is 3.67. The van der Waals surface area contributed by atoms with Crippen LogP contribution in [-0.2, 0) is 13.1 Å². The maximum Gasteiger partial charge on any atom is 0.125 e. The quantitative estimate of drug-likeness (QED) is 0.691. The Kier molecular flexibility index (Phi) is 4.98. The van der Waals surface area contributed by atoms with E-state index >= 15 is 0 Å². The lowest BCUT2D eigenvalue weighted by molar-refractivity contribution is 0.270. The Labute approximate surface area is 145 Å². The average Bonchev–Trinajstić information content (AvgIpc) is 3.21. The number of aliphatic hydroxyl groups is 1. The van der Waals surface area contributed by atoms with Gasteiger partial charge in [-0.3, -0.25) is 0 Å². The first-order chi connectivity index (χ1) is 11.7. The molecule has 2 aromatic heterocycles. The molecule has 0 aliphatic rings. The molecule has 0 fully saturated rings. The fourth-order valence-corrected chi connectivity index (χ4v) is 2.47. The minimum atomic E-state index is 0.0187. The molecule has 2 N–H and O–H groups in total. The van der Waals surface area contributed by atoms with Crippen molar-refractivity contribution in [1.29, 1.82) is 0 Å². The summed E-state index contributed by atoms with van der Waals surface area (Å²) in [7, 11) is 0. The second-order valence-corrected chi connectivity index (χ2v) is 5.67. The molecule has 0 saturated heterocycles. The van der Waals surface area contributed by atoms with E-state index < -0.39 is 0 Å². The first-order valence-electron chi connectivity index (χ1n) is 7.53. The van der Waals surface area contributed by atoms with Crippen molar-refractivity contribution in [3.8, 4) is 11.3 Å². The second kappa shape index (κ2) is 7.33. The largest absolute Gasteiger partial charge is 0.394 e. The van der Waals surface area contributed by atoms with Crippen LogP contribution in [0.4, 0.5) is 5.82 Å². The molecule has 6 nitrogen and oxygen atoms in total. The summed E-state index contributed by atoms with van der Waals surface area (Å²) in [5.74, 6) is 0.834. The maximum atomic E-state index is 9.25. The highest BCUT2D eigenvalue weighted by atomic mass is 35.5. The van der Waals surface area contributed by atoms with Crippen molar-refractivity contribution in [2.24, 2.45) is 0 Å². The molecule has 0 bridgehead atoms. The van der Waals surface area contributed by atoms with Crippen LogP contribution in [-0.4, -0.2) is 31.3 Å². The van der Waals surface area contributed by atoms with Crippen molar-refractivity contribution >= 4 is 23.6 Å². The molecule has 0 radical (unpaired) electrons. The maximum absolute atomic E-state index is 9.25. The van der Waals surface area contributed by atoms with Gasteiger partial charge < -0.3 is 10.4 Å². The number of nitrogens with one attached hydrogen (secondary N) is 1. The SMILES string of the molecule is C=Cn1cc(CNc2cc(-c3ccc(Cl)cc3)nn2CCO)cn1. The minimum Gasteiger partial charge on any atom is -0.394 e. The third-order valence-electron chi connectivity index (χ3n) is 3.55.